The second-order valence-electron chi connectivity index (χ2n) is 7.85. The van der Waals surface area contributed by atoms with Crippen molar-refractivity contribution in [3.8, 4) is 11.5 Å². The summed E-state index contributed by atoms with van der Waals surface area (Å²) in [6, 6.07) is 16.0. The largest absolute Gasteiger partial charge is 0.491 e. The van der Waals surface area contributed by atoms with Gasteiger partial charge in [0.15, 0.2) is 11.9 Å². The minimum atomic E-state index is -0.297. The summed E-state index contributed by atoms with van der Waals surface area (Å²) in [7, 11) is 0. The van der Waals surface area contributed by atoms with Crippen LogP contribution in [-0.4, -0.2) is 38.6 Å². The van der Waals surface area contributed by atoms with Gasteiger partial charge in [0.1, 0.15) is 36.6 Å². The van der Waals surface area contributed by atoms with E-state index in [4.69, 9.17) is 14.2 Å². The van der Waals surface area contributed by atoms with Crippen LogP contribution in [0.1, 0.15) is 23.8 Å². The molecule has 2 aromatic heterocycles. The van der Waals surface area contributed by atoms with E-state index in [-0.39, 0.29) is 18.4 Å². The summed E-state index contributed by atoms with van der Waals surface area (Å²) in [5.74, 6) is 1.62. The second-order valence-corrected chi connectivity index (χ2v) is 7.85. The number of aryl methyl sites for hydroxylation is 2. The van der Waals surface area contributed by atoms with E-state index in [2.05, 4.69) is 28.9 Å². The fraction of sp³-hybridized carbons (Fsp3) is 0.292. The SMILES string of the molecule is Cc1ccc(OC[C@H]2O[C@@H](n3ncc4cncnc43)C[C@@H]2Oc2ccc(C)cc2)cc1. The molecule has 1 aliphatic rings. The normalized spacial score (nSPS) is 20.8. The Labute approximate surface area is 180 Å². The average Bonchev–Trinajstić information content (AvgIpc) is 3.39. The molecule has 0 spiro atoms. The zero-order valence-corrected chi connectivity index (χ0v) is 17.5. The summed E-state index contributed by atoms with van der Waals surface area (Å²) in [4.78, 5) is 8.43. The van der Waals surface area contributed by atoms with Gasteiger partial charge in [-0.2, -0.15) is 5.10 Å². The first kappa shape index (κ1) is 19.5. The summed E-state index contributed by atoms with van der Waals surface area (Å²) < 4.78 is 20.5. The molecule has 1 aliphatic heterocycles. The predicted molar refractivity (Wildman–Crippen MR) is 116 cm³/mol. The van der Waals surface area contributed by atoms with E-state index in [1.54, 1.807) is 17.1 Å². The Bertz CT molecular complexity index is 1160. The van der Waals surface area contributed by atoms with Crippen molar-refractivity contribution in [2.24, 2.45) is 0 Å². The summed E-state index contributed by atoms with van der Waals surface area (Å²) in [6.45, 7) is 4.49. The summed E-state index contributed by atoms with van der Waals surface area (Å²) in [6.07, 6.45) is 4.93. The maximum absolute atomic E-state index is 6.36. The van der Waals surface area contributed by atoms with Crippen molar-refractivity contribution in [1.82, 2.24) is 19.7 Å². The van der Waals surface area contributed by atoms with E-state index < -0.39 is 0 Å². The fourth-order valence-corrected chi connectivity index (χ4v) is 3.73. The molecule has 1 fully saturated rings. The van der Waals surface area contributed by atoms with Crippen molar-refractivity contribution in [1.29, 1.82) is 0 Å². The first-order valence-electron chi connectivity index (χ1n) is 10.4. The van der Waals surface area contributed by atoms with E-state index in [1.165, 1.54) is 17.5 Å². The lowest BCUT2D eigenvalue weighted by Crippen LogP contribution is -2.32. The van der Waals surface area contributed by atoms with E-state index in [0.29, 0.717) is 13.0 Å². The number of benzene rings is 2. The van der Waals surface area contributed by atoms with Gasteiger partial charge in [-0.15, -0.1) is 0 Å². The van der Waals surface area contributed by atoms with Gasteiger partial charge in [-0.3, -0.25) is 0 Å². The van der Waals surface area contributed by atoms with Crippen molar-refractivity contribution in [2.75, 3.05) is 6.61 Å². The molecule has 0 unspecified atom stereocenters. The van der Waals surface area contributed by atoms with Gasteiger partial charge in [0.2, 0.25) is 0 Å². The standard InChI is InChI=1S/C24H24N4O3/c1-16-3-7-19(8-4-16)29-14-22-21(30-20-9-5-17(2)6-10-20)11-23(31-22)28-24-18(13-27-28)12-25-15-26-24/h3-10,12-13,15,21-23H,11,14H2,1-2H3/t21-,22+,23+/m0/s1. The molecule has 0 amide bonds. The lowest BCUT2D eigenvalue weighted by Gasteiger charge is -2.20. The number of rotatable bonds is 6. The predicted octanol–water partition coefficient (Wildman–Crippen LogP) is 4.26. The molecule has 7 heteroatoms. The Morgan fingerprint density at radius 2 is 1.68 bits per heavy atom. The number of hydrogen-bond donors (Lipinski definition) is 0. The van der Waals surface area contributed by atoms with Crippen LogP contribution in [0.3, 0.4) is 0 Å². The molecule has 3 atom stereocenters. The molecule has 4 aromatic rings. The van der Waals surface area contributed by atoms with Crippen LogP contribution in [0.2, 0.25) is 0 Å². The van der Waals surface area contributed by atoms with E-state index in [1.807, 2.05) is 48.5 Å². The molecule has 0 aliphatic carbocycles. The van der Waals surface area contributed by atoms with Gasteiger partial charge >= 0.3 is 0 Å². The van der Waals surface area contributed by atoms with E-state index in [0.717, 1.165) is 22.5 Å². The van der Waals surface area contributed by atoms with E-state index in [9.17, 15) is 0 Å². The van der Waals surface area contributed by atoms with Crippen LogP contribution in [0, 0.1) is 13.8 Å². The summed E-state index contributed by atoms with van der Waals surface area (Å²) >= 11 is 0. The van der Waals surface area contributed by atoms with Crippen LogP contribution >= 0.6 is 0 Å². The molecular formula is C24H24N4O3. The van der Waals surface area contributed by atoms with Gasteiger partial charge in [0.05, 0.1) is 11.6 Å². The van der Waals surface area contributed by atoms with Crippen molar-refractivity contribution in [2.45, 2.75) is 38.7 Å². The van der Waals surface area contributed by atoms with Crippen LogP contribution in [-0.2, 0) is 4.74 Å². The van der Waals surface area contributed by atoms with Crippen LogP contribution in [0.5, 0.6) is 11.5 Å². The molecule has 158 valence electrons. The third kappa shape index (κ3) is 4.22. The Balaban J connectivity index is 1.36. The first-order valence-corrected chi connectivity index (χ1v) is 10.4. The highest BCUT2D eigenvalue weighted by Gasteiger charge is 2.39. The fourth-order valence-electron chi connectivity index (χ4n) is 3.73. The minimum absolute atomic E-state index is 0.181. The third-order valence-corrected chi connectivity index (χ3v) is 5.45. The maximum atomic E-state index is 6.36. The van der Waals surface area contributed by atoms with Crippen molar-refractivity contribution in [3.63, 3.8) is 0 Å². The van der Waals surface area contributed by atoms with Crippen LogP contribution in [0.25, 0.3) is 11.0 Å². The summed E-state index contributed by atoms with van der Waals surface area (Å²) in [5, 5.41) is 5.36. The zero-order chi connectivity index (χ0) is 21.2. The molecule has 0 bridgehead atoms. The van der Waals surface area contributed by atoms with Gasteiger partial charge in [0.25, 0.3) is 0 Å². The molecule has 5 rings (SSSR count). The second kappa shape index (κ2) is 8.35. The number of fused-ring (bicyclic) bond motifs is 1. The Hall–Kier alpha value is -3.45. The van der Waals surface area contributed by atoms with Gasteiger partial charge in [0, 0.05) is 12.6 Å². The Morgan fingerprint density at radius 1 is 0.968 bits per heavy atom. The smallest absolute Gasteiger partial charge is 0.163 e. The highest BCUT2D eigenvalue weighted by atomic mass is 16.6. The van der Waals surface area contributed by atoms with Crippen molar-refractivity contribution >= 4 is 11.0 Å². The molecule has 1 saturated heterocycles. The lowest BCUT2D eigenvalue weighted by molar-refractivity contribution is -0.0384. The highest BCUT2D eigenvalue weighted by Crippen LogP contribution is 2.33. The zero-order valence-electron chi connectivity index (χ0n) is 17.5. The number of aromatic nitrogens is 4. The van der Waals surface area contributed by atoms with Crippen molar-refractivity contribution < 1.29 is 14.2 Å². The monoisotopic (exact) mass is 416 g/mol. The van der Waals surface area contributed by atoms with Crippen LogP contribution in [0.4, 0.5) is 0 Å². The van der Waals surface area contributed by atoms with Gasteiger partial charge in [-0.1, -0.05) is 35.4 Å². The molecule has 0 saturated carbocycles. The Kier molecular flexibility index (Phi) is 5.26. The number of hydrogen-bond acceptors (Lipinski definition) is 6. The first-order chi connectivity index (χ1) is 15.2. The quantitative estimate of drug-likeness (QED) is 0.468. The molecule has 3 heterocycles. The molecule has 31 heavy (non-hydrogen) atoms. The highest BCUT2D eigenvalue weighted by molar-refractivity contribution is 5.72. The molecule has 2 aromatic carbocycles. The Morgan fingerprint density at radius 3 is 2.42 bits per heavy atom. The van der Waals surface area contributed by atoms with Gasteiger partial charge < -0.3 is 14.2 Å². The lowest BCUT2D eigenvalue weighted by atomic mass is 10.1. The summed E-state index contributed by atoms with van der Waals surface area (Å²) in [5.41, 5.74) is 3.13. The molecule has 0 radical (unpaired) electrons. The molecular weight excluding hydrogens is 392 g/mol. The van der Waals surface area contributed by atoms with Crippen LogP contribution < -0.4 is 9.47 Å². The van der Waals surface area contributed by atoms with Gasteiger partial charge in [-0.05, 0) is 38.1 Å². The van der Waals surface area contributed by atoms with Crippen molar-refractivity contribution in [3.05, 3.63) is 78.4 Å². The molecule has 7 nitrogen and oxygen atoms in total. The van der Waals surface area contributed by atoms with E-state index >= 15 is 0 Å². The molecule has 0 N–H and O–H groups in total. The topological polar surface area (TPSA) is 71.3 Å². The number of ether oxygens (including phenoxy) is 3. The third-order valence-electron chi connectivity index (χ3n) is 5.45. The number of nitrogens with zero attached hydrogens (tertiary/aromatic N) is 4. The van der Waals surface area contributed by atoms with Crippen LogP contribution in [0.15, 0.2) is 67.3 Å². The minimum Gasteiger partial charge on any atom is -0.491 e. The van der Waals surface area contributed by atoms with Gasteiger partial charge in [-0.25, -0.2) is 14.6 Å². The maximum Gasteiger partial charge on any atom is 0.163 e. The average molecular weight is 416 g/mol.